The van der Waals surface area contributed by atoms with Gasteiger partial charge in [0.2, 0.25) is 0 Å². The summed E-state index contributed by atoms with van der Waals surface area (Å²) in [6.07, 6.45) is 4.11. The molecule has 1 aliphatic carbocycles. The number of hydrogen-bond donors (Lipinski definition) is 0. The number of carbonyl (C=O) groups is 1. The number of benzene rings is 1. The molecule has 0 radical (unpaired) electrons. The predicted octanol–water partition coefficient (Wildman–Crippen LogP) is 2.40. The Morgan fingerprint density at radius 1 is 1.25 bits per heavy atom. The van der Waals surface area contributed by atoms with E-state index in [4.69, 9.17) is 0 Å². The molecule has 1 aromatic rings. The number of aryl methyl sites for hydroxylation is 1. The van der Waals surface area contributed by atoms with Crippen LogP contribution in [-0.4, -0.2) is 18.0 Å². The van der Waals surface area contributed by atoms with Gasteiger partial charge in [0.1, 0.15) is 0 Å². The second-order valence-corrected chi connectivity index (χ2v) is 4.69. The summed E-state index contributed by atoms with van der Waals surface area (Å²) in [7, 11) is 0. The first kappa shape index (κ1) is 9.76. The first-order chi connectivity index (χ1) is 7.84. The average molecular weight is 213 g/mol. The van der Waals surface area contributed by atoms with Crippen molar-refractivity contribution in [3.63, 3.8) is 0 Å². The molecule has 0 N–H and O–H groups in total. The zero-order chi connectivity index (χ0) is 11.0. The average Bonchev–Trinajstić information content (AvgIpc) is 2.47. The third-order valence-corrected chi connectivity index (χ3v) is 3.58. The number of nitrogens with zero attached hydrogens (tertiary/aromatic N) is 1. The molecule has 0 saturated carbocycles. The van der Waals surface area contributed by atoms with Gasteiger partial charge in [-0.3, -0.25) is 9.79 Å². The Bertz CT molecular complexity index is 462. The standard InChI is InChI=1S/C14H15NO/c16-12-8-11-6-3-5-10-4-1-2-7-13(10)14(11)15-9-12/h1-2,4,7,11H,3,5-6,8-9H2. The third kappa shape index (κ3) is 1.58. The number of fused-ring (bicyclic) bond motifs is 3. The lowest BCUT2D eigenvalue weighted by Gasteiger charge is -2.21. The van der Waals surface area contributed by atoms with Crippen LogP contribution >= 0.6 is 0 Å². The molecule has 1 aromatic carbocycles. The van der Waals surface area contributed by atoms with Crippen molar-refractivity contribution in [2.24, 2.45) is 10.9 Å². The number of aliphatic imine (C=N–C) groups is 1. The second kappa shape index (κ2) is 3.85. The zero-order valence-electron chi connectivity index (χ0n) is 9.28. The van der Waals surface area contributed by atoms with Gasteiger partial charge in [0.05, 0.1) is 6.54 Å². The van der Waals surface area contributed by atoms with E-state index in [1.807, 2.05) is 0 Å². The molecule has 1 unspecified atom stereocenters. The molecule has 82 valence electrons. The van der Waals surface area contributed by atoms with Crippen LogP contribution in [0.3, 0.4) is 0 Å². The summed E-state index contributed by atoms with van der Waals surface area (Å²) in [4.78, 5) is 15.9. The van der Waals surface area contributed by atoms with E-state index in [0.717, 1.165) is 12.8 Å². The number of carbonyl (C=O) groups excluding carboxylic acids is 1. The molecule has 0 amide bonds. The van der Waals surface area contributed by atoms with Gasteiger partial charge in [0, 0.05) is 18.1 Å². The second-order valence-electron chi connectivity index (χ2n) is 4.69. The summed E-state index contributed by atoms with van der Waals surface area (Å²) in [5, 5.41) is 0. The van der Waals surface area contributed by atoms with Crippen LogP contribution in [0.15, 0.2) is 29.3 Å². The molecule has 0 fully saturated rings. The van der Waals surface area contributed by atoms with Gasteiger partial charge in [-0.2, -0.15) is 0 Å². The van der Waals surface area contributed by atoms with E-state index in [2.05, 4.69) is 29.3 Å². The molecule has 2 nitrogen and oxygen atoms in total. The minimum absolute atomic E-state index is 0.299. The summed E-state index contributed by atoms with van der Waals surface area (Å²) in [5.41, 5.74) is 3.88. The highest BCUT2D eigenvalue weighted by atomic mass is 16.1. The number of hydrogen-bond acceptors (Lipinski definition) is 2. The lowest BCUT2D eigenvalue weighted by Crippen LogP contribution is -2.26. The Morgan fingerprint density at radius 3 is 3.06 bits per heavy atom. The molecule has 16 heavy (non-hydrogen) atoms. The predicted molar refractivity (Wildman–Crippen MR) is 63.9 cm³/mol. The molecule has 1 atom stereocenters. The van der Waals surface area contributed by atoms with Crippen LogP contribution in [0.5, 0.6) is 0 Å². The number of Topliss-reactive ketones (excluding diaryl/α,β-unsaturated/α-hetero) is 1. The van der Waals surface area contributed by atoms with E-state index in [1.54, 1.807) is 0 Å². The number of rotatable bonds is 0. The molecule has 0 bridgehead atoms. The van der Waals surface area contributed by atoms with Crippen molar-refractivity contribution < 1.29 is 4.79 Å². The smallest absolute Gasteiger partial charge is 0.154 e. The molecule has 0 spiro atoms. The normalized spacial score (nSPS) is 24.1. The van der Waals surface area contributed by atoms with Crippen molar-refractivity contribution in [3.05, 3.63) is 35.4 Å². The third-order valence-electron chi connectivity index (χ3n) is 3.58. The lowest BCUT2D eigenvalue weighted by atomic mass is 9.88. The highest BCUT2D eigenvalue weighted by Crippen LogP contribution is 2.29. The molecule has 0 aromatic heterocycles. The van der Waals surface area contributed by atoms with Gasteiger partial charge in [0.15, 0.2) is 5.78 Å². The topological polar surface area (TPSA) is 29.4 Å². The van der Waals surface area contributed by atoms with Crippen LogP contribution in [0.2, 0.25) is 0 Å². The fourth-order valence-electron chi connectivity index (χ4n) is 2.81. The van der Waals surface area contributed by atoms with Gasteiger partial charge in [-0.05, 0) is 30.4 Å². The van der Waals surface area contributed by atoms with Gasteiger partial charge in [-0.15, -0.1) is 0 Å². The van der Waals surface area contributed by atoms with Crippen molar-refractivity contribution in [2.75, 3.05) is 6.54 Å². The van der Waals surface area contributed by atoms with E-state index >= 15 is 0 Å². The fraction of sp³-hybridized carbons (Fsp3) is 0.429. The van der Waals surface area contributed by atoms with E-state index in [0.29, 0.717) is 24.7 Å². The van der Waals surface area contributed by atoms with Gasteiger partial charge in [-0.25, -0.2) is 0 Å². The fourth-order valence-corrected chi connectivity index (χ4v) is 2.81. The van der Waals surface area contributed by atoms with Crippen LogP contribution in [0.25, 0.3) is 0 Å². The van der Waals surface area contributed by atoms with Crippen molar-refractivity contribution >= 4 is 11.5 Å². The van der Waals surface area contributed by atoms with Crippen molar-refractivity contribution in [2.45, 2.75) is 25.7 Å². The SMILES string of the molecule is O=C1CN=C2c3ccccc3CCCC2C1. The van der Waals surface area contributed by atoms with Crippen LogP contribution in [0.1, 0.15) is 30.4 Å². The zero-order valence-corrected chi connectivity index (χ0v) is 9.28. The van der Waals surface area contributed by atoms with E-state index < -0.39 is 0 Å². The molecule has 2 aliphatic rings. The molecule has 0 saturated heterocycles. The van der Waals surface area contributed by atoms with E-state index in [-0.39, 0.29) is 0 Å². The summed E-state index contributed by atoms with van der Waals surface area (Å²) >= 11 is 0. The van der Waals surface area contributed by atoms with Crippen molar-refractivity contribution in [1.82, 2.24) is 0 Å². The maximum atomic E-state index is 11.4. The summed E-state index contributed by atoms with van der Waals surface area (Å²) in [6, 6.07) is 8.51. The Kier molecular flexibility index (Phi) is 2.35. The molecular formula is C14H15NO. The van der Waals surface area contributed by atoms with E-state index in [1.165, 1.54) is 23.3 Å². The number of ketones is 1. The van der Waals surface area contributed by atoms with Crippen LogP contribution in [-0.2, 0) is 11.2 Å². The first-order valence-corrected chi connectivity index (χ1v) is 5.99. The Balaban J connectivity index is 2.09. The molecule has 1 heterocycles. The minimum atomic E-state index is 0.299. The Morgan fingerprint density at radius 2 is 2.12 bits per heavy atom. The van der Waals surface area contributed by atoms with Crippen LogP contribution in [0, 0.1) is 5.92 Å². The van der Waals surface area contributed by atoms with Crippen LogP contribution in [0.4, 0.5) is 0 Å². The van der Waals surface area contributed by atoms with Crippen LogP contribution < -0.4 is 0 Å². The van der Waals surface area contributed by atoms with Crippen molar-refractivity contribution in [1.29, 1.82) is 0 Å². The van der Waals surface area contributed by atoms with E-state index in [9.17, 15) is 4.79 Å². The molecule has 3 rings (SSSR count). The molecule has 2 heteroatoms. The lowest BCUT2D eigenvalue weighted by molar-refractivity contribution is -0.118. The highest BCUT2D eigenvalue weighted by molar-refractivity contribution is 6.08. The summed E-state index contributed by atoms with van der Waals surface area (Å²) in [6.45, 7) is 0.389. The summed E-state index contributed by atoms with van der Waals surface area (Å²) < 4.78 is 0. The highest BCUT2D eigenvalue weighted by Gasteiger charge is 2.28. The minimum Gasteiger partial charge on any atom is -0.298 e. The Hall–Kier alpha value is -1.44. The summed E-state index contributed by atoms with van der Waals surface area (Å²) in [5.74, 6) is 0.679. The largest absolute Gasteiger partial charge is 0.298 e. The van der Waals surface area contributed by atoms with Gasteiger partial charge in [-0.1, -0.05) is 24.3 Å². The molecule has 1 aliphatic heterocycles. The van der Waals surface area contributed by atoms with Crippen molar-refractivity contribution in [3.8, 4) is 0 Å². The monoisotopic (exact) mass is 213 g/mol. The van der Waals surface area contributed by atoms with Gasteiger partial charge in [0.25, 0.3) is 0 Å². The first-order valence-electron chi connectivity index (χ1n) is 5.99. The van der Waals surface area contributed by atoms with Gasteiger partial charge < -0.3 is 0 Å². The quantitative estimate of drug-likeness (QED) is 0.650. The van der Waals surface area contributed by atoms with Gasteiger partial charge >= 0.3 is 0 Å². The maximum Gasteiger partial charge on any atom is 0.154 e. The Labute approximate surface area is 95.4 Å². The molecular weight excluding hydrogens is 198 g/mol. The maximum absolute atomic E-state index is 11.4.